The molecule has 0 aromatic rings. The van der Waals surface area contributed by atoms with Crippen LogP contribution in [0.3, 0.4) is 0 Å². The molecule has 1 aliphatic heterocycles. The molecule has 0 unspecified atom stereocenters. The van der Waals surface area contributed by atoms with E-state index in [1.807, 2.05) is 0 Å². The average Bonchev–Trinajstić information content (AvgIpc) is 2.05. The van der Waals surface area contributed by atoms with Gasteiger partial charge in [-0.25, -0.2) is 10.3 Å². The van der Waals surface area contributed by atoms with E-state index in [1.54, 1.807) is 10.3 Å². The van der Waals surface area contributed by atoms with Crippen molar-refractivity contribution >= 4 is 14.0 Å². The zero-order valence-electron chi connectivity index (χ0n) is 6.16. The lowest BCUT2D eigenvalue weighted by Gasteiger charge is -2.31. The molecule has 1 fully saturated rings. The van der Waals surface area contributed by atoms with Crippen LogP contribution < -0.4 is 5.48 Å². The summed E-state index contributed by atoms with van der Waals surface area (Å²) in [5, 5.41) is 8.27. The van der Waals surface area contributed by atoms with E-state index in [0.29, 0.717) is 26.2 Å². The van der Waals surface area contributed by atoms with Crippen molar-refractivity contribution in [3.05, 3.63) is 0 Å². The van der Waals surface area contributed by atoms with E-state index in [2.05, 4.69) is 0 Å². The smallest absolute Gasteiger partial charge is 0.341 e. The molecule has 1 saturated heterocycles. The largest absolute Gasteiger partial charge is 0.351 e. The van der Waals surface area contributed by atoms with Gasteiger partial charge in [0.05, 0.1) is 0 Å². The summed E-state index contributed by atoms with van der Waals surface area (Å²) in [6.45, 7) is 2.41. The summed E-state index contributed by atoms with van der Waals surface area (Å²) >= 11 is 0. The highest BCUT2D eigenvalue weighted by atomic mass is 16.5. The number of nitrogens with zero attached hydrogens (tertiary/aromatic N) is 2. The molecule has 0 aliphatic carbocycles. The minimum Gasteiger partial charge on any atom is -0.351 e. The van der Waals surface area contributed by atoms with Gasteiger partial charge in [-0.15, -0.1) is 0 Å². The van der Waals surface area contributed by atoms with Gasteiger partial charge in [-0.2, -0.15) is 0 Å². The van der Waals surface area contributed by atoms with Crippen LogP contribution in [0.5, 0.6) is 0 Å². The fourth-order valence-electron chi connectivity index (χ4n) is 0.996. The number of hydroxylamine groups is 1. The number of piperazine rings is 1. The Labute approximate surface area is 66.3 Å². The Kier molecular flexibility index (Phi) is 2.73. The van der Waals surface area contributed by atoms with E-state index < -0.39 is 6.03 Å². The molecule has 6 heteroatoms. The van der Waals surface area contributed by atoms with E-state index in [0.717, 1.165) is 0 Å². The van der Waals surface area contributed by atoms with Crippen molar-refractivity contribution in [2.75, 3.05) is 26.2 Å². The van der Waals surface area contributed by atoms with Crippen LogP contribution in [-0.2, 0) is 0 Å². The molecule has 0 aromatic heterocycles. The average molecular weight is 155 g/mol. The molecule has 1 rings (SSSR count). The lowest BCUT2D eigenvalue weighted by atomic mass is 10.2. The van der Waals surface area contributed by atoms with Crippen LogP contribution in [-0.4, -0.2) is 55.1 Å². The molecular weight excluding hydrogens is 145 g/mol. The van der Waals surface area contributed by atoms with Gasteiger partial charge in [-0.05, 0) is 0 Å². The second-order valence-corrected chi connectivity index (χ2v) is 2.44. The summed E-state index contributed by atoms with van der Waals surface area (Å²) in [7, 11) is 5.45. The molecule has 5 nitrogen and oxygen atoms in total. The lowest BCUT2D eigenvalue weighted by molar-refractivity contribution is 0.117. The van der Waals surface area contributed by atoms with E-state index >= 15 is 0 Å². The third kappa shape index (κ3) is 2.09. The van der Waals surface area contributed by atoms with Crippen LogP contribution in [0.1, 0.15) is 0 Å². The van der Waals surface area contributed by atoms with Crippen molar-refractivity contribution in [3.8, 4) is 0 Å². The van der Waals surface area contributed by atoms with Crippen LogP contribution in [0.15, 0.2) is 0 Å². The van der Waals surface area contributed by atoms with Crippen LogP contribution in [0.2, 0.25) is 0 Å². The minimum absolute atomic E-state index is 0.460. The third-order valence-electron chi connectivity index (χ3n) is 1.70. The summed E-state index contributed by atoms with van der Waals surface area (Å²) in [6, 6.07) is -0.460. The maximum atomic E-state index is 10.8. The normalized spacial score (nSPS) is 19.9. The SMILES string of the molecule is [B]N1CCN(C(=O)NO)CC1. The molecule has 1 aliphatic rings. The van der Waals surface area contributed by atoms with Crippen LogP contribution in [0, 0.1) is 0 Å². The number of hydrogen-bond donors (Lipinski definition) is 2. The van der Waals surface area contributed by atoms with Gasteiger partial charge in [0.2, 0.25) is 0 Å². The zero-order chi connectivity index (χ0) is 8.27. The molecule has 11 heavy (non-hydrogen) atoms. The summed E-state index contributed by atoms with van der Waals surface area (Å²) in [6.07, 6.45) is 0. The molecule has 60 valence electrons. The highest BCUT2D eigenvalue weighted by Gasteiger charge is 2.17. The summed E-state index contributed by atoms with van der Waals surface area (Å²) < 4.78 is 0. The van der Waals surface area contributed by atoms with Crippen molar-refractivity contribution < 1.29 is 10.0 Å². The summed E-state index contributed by atoms with van der Waals surface area (Å²) in [5.74, 6) is 0. The fourth-order valence-corrected chi connectivity index (χ4v) is 0.996. The monoisotopic (exact) mass is 155 g/mol. The number of nitrogens with one attached hydrogen (secondary N) is 1. The molecular formula is C5H10BN3O2. The maximum absolute atomic E-state index is 10.8. The van der Waals surface area contributed by atoms with E-state index in [4.69, 9.17) is 13.2 Å². The number of carbonyl (C=O) groups excluding carboxylic acids is 1. The molecule has 1 heterocycles. The van der Waals surface area contributed by atoms with Gasteiger partial charge < -0.3 is 9.71 Å². The van der Waals surface area contributed by atoms with Crippen molar-refractivity contribution in [2.24, 2.45) is 0 Å². The Hall–Kier alpha value is -0.745. The van der Waals surface area contributed by atoms with Gasteiger partial charge >= 0.3 is 6.03 Å². The van der Waals surface area contributed by atoms with Crippen molar-refractivity contribution in [3.63, 3.8) is 0 Å². The van der Waals surface area contributed by atoms with Crippen LogP contribution in [0.25, 0.3) is 0 Å². The van der Waals surface area contributed by atoms with Crippen LogP contribution >= 0.6 is 0 Å². The number of carbonyl (C=O) groups is 1. The Morgan fingerprint density at radius 3 is 2.36 bits per heavy atom. The lowest BCUT2D eigenvalue weighted by Crippen LogP contribution is -2.50. The Morgan fingerprint density at radius 2 is 1.91 bits per heavy atom. The zero-order valence-corrected chi connectivity index (χ0v) is 6.16. The Bertz CT molecular complexity index is 147. The predicted octanol–water partition coefficient (Wildman–Crippen LogP) is -1.21. The van der Waals surface area contributed by atoms with Crippen molar-refractivity contribution in [1.29, 1.82) is 0 Å². The van der Waals surface area contributed by atoms with Crippen molar-refractivity contribution in [1.82, 2.24) is 15.2 Å². The third-order valence-corrected chi connectivity index (χ3v) is 1.70. The molecule has 2 amide bonds. The van der Waals surface area contributed by atoms with Crippen LogP contribution in [0.4, 0.5) is 4.79 Å². The quantitative estimate of drug-likeness (QED) is 0.262. The second kappa shape index (κ2) is 3.59. The Balaban J connectivity index is 2.33. The molecule has 2 N–H and O–H groups in total. The van der Waals surface area contributed by atoms with Crippen molar-refractivity contribution in [2.45, 2.75) is 0 Å². The van der Waals surface area contributed by atoms with E-state index in [9.17, 15) is 4.79 Å². The molecule has 2 radical (unpaired) electrons. The number of urea groups is 1. The van der Waals surface area contributed by atoms with Gasteiger partial charge in [0.25, 0.3) is 0 Å². The number of rotatable bonds is 0. The summed E-state index contributed by atoms with van der Waals surface area (Å²) in [5.41, 5.74) is 1.58. The van der Waals surface area contributed by atoms with Gasteiger partial charge in [-0.3, -0.25) is 5.21 Å². The number of hydrogen-bond acceptors (Lipinski definition) is 3. The summed E-state index contributed by atoms with van der Waals surface area (Å²) in [4.78, 5) is 13.9. The minimum atomic E-state index is -0.460. The molecule has 0 spiro atoms. The molecule has 0 bridgehead atoms. The first-order valence-electron chi connectivity index (χ1n) is 3.42. The molecule has 0 saturated carbocycles. The van der Waals surface area contributed by atoms with Gasteiger partial charge in [0.1, 0.15) is 0 Å². The highest BCUT2D eigenvalue weighted by Crippen LogP contribution is 1.97. The predicted molar refractivity (Wildman–Crippen MR) is 39.2 cm³/mol. The molecule has 0 aromatic carbocycles. The van der Waals surface area contributed by atoms with Gasteiger partial charge in [0, 0.05) is 26.2 Å². The first kappa shape index (κ1) is 8.35. The standard InChI is InChI=1S/C5H10BN3O2/c6-9-3-1-8(2-4-9)5(10)7-11/h11H,1-4H2,(H,7,10). The first-order valence-corrected chi connectivity index (χ1v) is 3.42. The fraction of sp³-hybridized carbons (Fsp3) is 0.800. The van der Waals surface area contributed by atoms with E-state index in [1.165, 1.54) is 4.90 Å². The maximum Gasteiger partial charge on any atom is 0.341 e. The number of amides is 2. The van der Waals surface area contributed by atoms with E-state index in [-0.39, 0.29) is 0 Å². The highest BCUT2D eigenvalue weighted by molar-refractivity contribution is 6.04. The second-order valence-electron chi connectivity index (χ2n) is 2.44. The Morgan fingerprint density at radius 1 is 1.36 bits per heavy atom. The van der Waals surface area contributed by atoms with Gasteiger partial charge in [-0.1, -0.05) is 0 Å². The molecule has 0 atom stereocenters. The first-order chi connectivity index (χ1) is 5.24. The van der Waals surface area contributed by atoms with Gasteiger partial charge in [0.15, 0.2) is 7.98 Å². The topological polar surface area (TPSA) is 55.8 Å².